The van der Waals surface area contributed by atoms with Gasteiger partial charge in [0, 0.05) is 6.42 Å². The van der Waals surface area contributed by atoms with E-state index in [0.29, 0.717) is 6.42 Å². The molecule has 4 N–H and O–H groups in total. The van der Waals surface area contributed by atoms with Crippen LogP contribution in [0.15, 0.2) is 60.7 Å². The third-order valence-electron chi connectivity index (χ3n) is 4.07. The fraction of sp³-hybridized carbons (Fsp3) is 0.375. The number of nitrogens with two attached hydrogens (primary N) is 1. The predicted octanol–water partition coefficient (Wildman–Crippen LogP) is 2.94. The Balaban J connectivity index is 0.000000343. The Morgan fingerprint density at radius 2 is 1.41 bits per heavy atom. The molecule has 0 heterocycles. The van der Waals surface area contributed by atoms with E-state index in [4.69, 9.17) is 15.6 Å². The molecule has 0 radical (unpaired) electrons. The number of methoxy groups -OCH3 is 1. The number of ether oxygens (including phenoxy) is 2. The van der Waals surface area contributed by atoms with Crippen molar-refractivity contribution >= 4 is 18.0 Å². The van der Waals surface area contributed by atoms with E-state index in [-0.39, 0.29) is 12.4 Å². The zero-order chi connectivity index (χ0) is 24.1. The third-order valence-corrected chi connectivity index (χ3v) is 4.07. The highest BCUT2D eigenvalue weighted by molar-refractivity contribution is 5.80. The zero-order valence-electron chi connectivity index (χ0n) is 18.9. The van der Waals surface area contributed by atoms with Gasteiger partial charge in [-0.3, -0.25) is 4.79 Å². The zero-order valence-corrected chi connectivity index (χ0v) is 18.9. The van der Waals surface area contributed by atoms with Gasteiger partial charge in [0.25, 0.3) is 0 Å². The molecular weight excluding hydrogens is 412 g/mol. The molecule has 1 amide bonds. The van der Waals surface area contributed by atoms with Gasteiger partial charge in [-0.1, -0.05) is 60.7 Å². The molecule has 2 rings (SSSR count). The smallest absolute Gasteiger partial charge is 0.408 e. The molecule has 8 heteroatoms. The van der Waals surface area contributed by atoms with E-state index in [1.54, 1.807) is 20.8 Å². The molecule has 0 saturated heterocycles. The van der Waals surface area contributed by atoms with Crippen molar-refractivity contribution in [2.75, 3.05) is 7.11 Å². The van der Waals surface area contributed by atoms with E-state index in [0.717, 1.165) is 11.1 Å². The van der Waals surface area contributed by atoms with Crippen molar-refractivity contribution in [1.82, 2.24) is 5.32 Å². The van der Waals surface area contributed by atoms with Crippen LogP contribution < -0.4 is 11.1 Å². The Bertz CT molecular complexity index is 850. The SMILES string of the molecule is CC(C)(C)OC(=O)N[C@@H](Cc1ccccc1)C(=O)O.COC(=O)[C@@H](N)Cc1ccccc1. The Hall–Kier alpha value is -3.39. The van der Waals surface area contributed by atoms with Crippen molar-refractivity contribution in [3.05, 3.63) is 71.8 Å². The van der Waals surface area contributed by atoms with Crippen LogP contribution >= 0.6 is 0 Å². The van der Waals surface area contributed by atoms with Gasteiger partial charge in [-0.05, 0) is 38.3 Å². The molecule has 0 unspecified atom stereocenters. The Morgan fingerprint density at radius 1 is 0.938 bits per heavy atom. The van der Waals surface area contributed by atoms with Gasteiger partial charge in [0.05, 0.1) is 7.11 Å². The average Bonchev–Trinajstić information content (AvgIpc) is 2.73. The van der Waals surface area contributed by atoms with Crippen LogP contribution in [-0.2, 0) is 31.9 Å². The largest absolute Gasteiger partial charge is 0.480 e. The maximum absolute atomic E-state index is 11.6. The van der Waals surface area contributed by atoms with Gasteiger partial charge in [-0.15, -0.1) is 0 Å². The topological polar surface area (TPSA) is 128 Å². The summed E-state index contributed by atoms with van der Waals surface area (Å²) in [6, 6.07) is 17.2. The molecule has 0 fully saturated rings. The predicted molar refractivity (Wildman–Crippen MR) is 121 cm³/mol. The van der Waals surface area contributed by atoms with Gasteiger partial charge in [-0.25, -0.2) is 9.59 Å². The molecular formula is C24H32N2O6. The van der Waals surface area contributed by atoms with E-state index in [9.17, 15) is 14.4 Å². The van der Waals surface area contributed by atoms with Crippen molar-refractivity contribution < 1.29 is 29.0 Å². The number of hydrogen-bond donors (Lipinski definition) is 3. The number of benzene rings is 2. The van der Waals surface area contributed by atoms with Crippen LogP contribution in [0.5, 0.6) is 0 Å². The average molecular weight is 445 g/mol. The van der Waals surface area contributed by atoms with Crippen LogP contribution in [0.1, 0.15) is 31.9 Å². The monoisotopic (exact) mass is 444 g/mol. The summed E-state index contributed by atoms with van der Waals surface area (Å²) in [5.74, 6) is -1.46. The second-order valence-corrected chi connectivity index (χ2v) is 8.05. The van der Waals surface area contributed by atoms with E-state index < -0.39 is 29.7 Å². The number of carbonyl (C=O) groups excluding carboxylic acids is 2. The minimum atomic E-state index is -1.09. The van der Waals surface area contributed by atoms with Crippen molar-refractivity contribution in [3.63, 3.8) is 0 Å². The standard InChI is InChI=1S/C14H19NO4.C10H13NO2/c1-14(2,3)19-13(18)15-11(12(16)17)9-10-7-5-4-6-8-10;1-13-10(12)9(11)7-8-5-3-2-4-6-8/h4-8,11H,9H2,1-3H3,(H,15,18)(H,16,17);2-6,9H,7,11H2,1H3/t11-;9-/m00/s1. The lowest BCUT2D eigenvalue weighted by atomic mass is 10.1. The lowest BCUT2D eigenvalue weighted by Gasteiger charge is -2.22. The van der Waals surface area contributed by atoms with Crippen LogP contribution in [0.2, 0.25) is 0 Å². The summed E-state index contributed by atoms with van der Waals surface area (Å²) in [7, 11) is 1.34. The number of amides is 1. The van der Waals surface area contributed by atoms with Crippen LogP contribution in [0.4, 0.5) is 4.79 Å². The number of carbonyl (C=O) groups is 3. The number of aliphatic carboxylic acids is 1. The molecule has 32 heavy (non-hydrogen) atoms. The van der Waals surface area contributed by atoms with Gasteiger partial charge in [0.1, 0.15) is 17.7 Å². The van der Waals surface area contributed by atoms with Gasteiger partial charge in [0.2, 0.25) is 0 Å². The third kappa shape index (κ3) is 11.1. The van der Waals surface area contributed by atoms with E-state index in [1.807, 2.05) is 60.7 Å². The minimum Gasteiger partial charge on any atom is -0.480 e. The molecule has 2 aromatic carbocycles. The lowest BCUT2D eigenvalue weighted by Crippen LogP contribution is -2.44. The number of hydrogen-bond acceptors (Lipinski definition) is 6. The van der Waals surface area contributed by atoms with Crippen LogP contribution in [0.3, 0.4) is 0 Å². The lowest BCUT2D eigenvalue weighted by molar-refractivity contribution is -0.142. The molecule has 2 aromatic rings. The summed E-state index contributed by atoms with van der Waals surface area (Å²) >= 11 is 0. The second-order valence-electron chi connectivity index (χ2n) is 8.05. The molecule has 8 nitrogen and oxygen atoms in total. The van der Waals surface area contributed by atoms with Crippen LogP contribution in [0.25, 0.3) is 0 Å². The summed E-state index contributed by atoms with van der Waals surface area (Å²) in [6.45, 7) is 5.17. The quantitative estimate of drug-likeness (QED) is 0.560. The fourth-order valence-electron chi connectivity index (χ4n) is 2.60. The normalized spacial score (nSPS) is 12.4. The van der Waals surface area contributed by atoms with Crippen LogP contribution in [0, 0.1) is 0 Å². The second kappa shape index (κ2) is 13.1. The number of carboxylic acid groups (broad SMARTS) is 1. The summed E-state index contributed by atoms with van der Waals surface area (Å²) in [5, 5.41) is 11.5. The van der Waals surface area contributed by atoms with Gasteiger partial charge >= 0.3 is 18.0 Å². The summed E-state index contributed by atoms with van der Waals surface area (Å²) < 4.78 is 9.56. The summed E-state index contributed by atoms with van der Waals surface area (Å²) in [6.07, 6.45) is 0.0129. The Labute approximate surface area is 188 Å². The first-order valence-corrected chi connectivity index (χ1v) is 10.2. The molecule has 0 aliphatic rings. The summed E-state index contributed by atoms with van der Waals surface area (Å²) in [5.41, 5.74) is 6.81. The van der Waals surface area contributed by atoms with Crippen molar-refractivity contribution in [2.45, 2.75) is 51.3 Å². The van der Waals surface area contributed by atoms with Crippen molar-refractivity contribution in [1.29, 1.82) is 0 Å². The number of alkyl carbamates (subject to hydrolysis) is 1. The van der Waals surface area contributed by atoms with Gasteiger partial charge < -0.3 is 25.6 Å². The van der Waals surface area contributed by atoms with Crippen molar-refractivity contribution in [3.8, 4) is 0 Å². The molecule has 174 valence electrons. The molecule has 0 aromatic heterocycles. The first-order chi connectivity index (χ1) is 15.0. The number of carboxylic acids is 1. The Kier molecular flexibility index (Phi) is 10.9. The molecule has 0 aliphatic carbocycles. The van der Waals surface area contributed by atoms with Gasteiger partial charge in [0.15, 0.2) is 0 Å². The fourth-order valence-corrected chi connectivity index (χ4v) is 2.60. The molecule has 0 saturated carbocycles. The number of esters is 1. The van der Waals surface area contributed by atoms with Crippen molar-refractivity contribution in [2.24, 2.45) is 5.73 Å². The van der Waals surface area contributed by atoms with Gasteiger partial charge in [-0.2, -0.15) is 0 Å². The molecule has 0 bridgehead atoms. The number of nitrogens with one attached hydrogen (secondary N) is 1. The maximum Gasteiger partial charge on any atom is 0.408 e. The molecule has 0 spiro atoms. The van der Waals surface area contributed by atoms with E-state index in [2.05, 4.69) is 10.1 Å². The van der Waals surface area contributed by atoms with E-state index in [1.165, 1.54) is 7.11 Å². The maximum atomic E-state index is 11.6. The minimum absolute atomic E-state index is 0.218. The first-order valence-electron chi connectivity index (χ1n) is 10.2. The highest BCUT2D eigenvalue weighted by atomic mass is 16.6. The highest BCUT2D eigenvalue weighted by Crippen LogP contribution is 2.08. The number of rotatable bonds is 7. The highest BCUT2D eigenvalue weighted by Gasteiger charge is 2.24. The van der Waals surface area contributed by atoms with Crippen LogP contribution in [-0.4, -0.2) is 47.9 Å². The van der Waals surface area contributed by atoms with E-state index >= 15 is 0 Å². The Morgan fingerprint density at radius 3 is 1.81 bits per heavy atom. The molecule has 0 aliphatic heterocycles. The molecule has 2 atom stereocenters. The summed E-state index contributed by atoms with van der Waals surface area (Å²) in [4.78, 5) is 33.7. The first kappa shape index (κ1) is 26.6.